The highest BCUT2D eigenvalue weighted by Gasteiger charge is 2.16. The fraction of sp³-hybridized carbons (Fsp3) is 0. The maximum Gasteiger partial charge on any atom is 0.160 e. The number of rotatable bonds is 4. The Bertz CT molecular complexity index is 2870. The fourth-order valence-corrected chi connectivity index (χ4v) is 7.22. The highest BCUT2D eigenvalue weighted by molar-refractivity contribution is 6.19. The Kier molecular flexibility index (Phi) is 6.18. The number of aromatic nitrogens is 2. The summed E-state index contributed by atoms with van der Waals surface area (Å²) in [5.74, 6) is 0.716. The zero-order chi connectivity index (χ0) is 32.3. The summed E-state index contributed by atoms with van der Waals surface area (Å²) in [6, 6.07) is 59.7. The number of furan rings is 1. The standard InChI is InChI=1S/C46H28N2O/c1-2-9-29(10-3-1)33-21-22-35-28-36(24-23-34(35)27-33)46-47-41-15-6-4-13-40(41)44(48-46)32-19-17-30(18-20-32)37-14-8-11-31-25-26-39-38-12-5-7-16-42(38)49-45(39)43(31)37/h1-28H. The molecule has 0 spiro atoms. The van der Waals surface area contributed by atoms with Gasteiger partial charge in [-0.25, -0.2) is 9.97 Å². The summed E-state index contributed by atoms with van der Waals surface area (Å²) in [5.41, 5.74) is 10.4. The van der Waals surface area contributed by atoms with Crippen LogP contribution in [0.15, 0.2) is 174 Å². The summed E-state index contributed by atoms with van der Waals surface area (Å²) in [7, 11) is 0. The molecule has 0 atom stereocenters. The molecule has 2 aromatic heterocycles. The van der Waals surface area contributed by atoms with E-state index in [1.807, 2.05) is 24.3 Å². The minimum atomic E-state index is 0.716. The van der Waals surface area contributed by atoms with Gasteiger partial charge in [-0.1, -0.05) is 140 Å². The third-order valence-electron chi connectivity index (χ3n) is 9.67. The molecule has 10 rings (SSSR count). The molecule has 0 unspecified atom stereocenters. The minimum absolute atomic E-state index is 0.716. The minimum Gasteiger partial charge on any atom is -0.455 e. The van der Waals surface area contributed by atoms with Crippen molar-refractivity contribution in [3.8, 4) is 44.9 Å². The van der Waals surface area contributed by atoms with Gasteiger partial charge in [-0.15, -0.1) is 0 Å². The van der Waals surface area contributed by atoms with Gasteiger partial charge in [0.25, 0.3) is 0 Å². The van der Waals surface area contributed by atoms with Crippen molar-refractivity contribution in [1.82, 2.24) is 9.97 Å². The Morgan fingerprint density at radius 3 is 1.92 bits per heavy atom. The van der Waals surface area contributed by atoms with Crippen molar-refractivity contribution in [2.24, 2.45) is 0 Å². The molecule has 0 aliphatic heterocycles. The lowest BCUT2D eigenvalue weighted by Crippen LogP contribution is -1.95. The Morgan fingerprint density at radius 2 is 1.06 bits per heavy atom. The molecular formula is C46H28N2O. The van der Waals surface area contributed by atoms with E-state index in [0.717, 1.165) is 76.9 Å². The molecule has 228 valence electrons. The predicted molar refractivity (Wildman–Crippen MR) is 204 cm³/mol. The van der Waals surface area contributed by atoms with E-state index in [1.54, 1.807) is 0 Å². The van der Waals surface area contributed by atoms with Crippen molar-refractivity contribution in [1.29, 1.82) is 0 Å². The second kappa shape index (κ2) is 11.0. The highest BCUT2D eigenvalue weighted by Crippen LogP contribution is 2.40. The summed E-state index contributed by atoms with van der Waals surface area (Å²) in [4.78, 5) is 10.2. The Morgan fingerprint density at radius 1 is 0.388 bits per heavy atom. The summed E-state index contributed by atoms with van der Waals surface area (Å²) < 4.78 is 6.46. The van der Waals surface area contributed by atoms with Gasteiger partial charge in [-0.2, -0.15) is 0 Å². The molecule has 0 radical (unpaired) electrons. The molecule has 0 saturated carbocycles. The SMILES string of the molecule is c1ccc(-c2ccc3cc(-c4nc(-c5ccc(-c6cccc7ccc8c9ccccc9oc8c67)cc5)c5ccccc5n4)ccc3c2)cc1. The lowest BCUT2D eigenvalue weighted by Gasteiger charge is -2.12. The number of hydrogen-bond donors (Lipinski definition) is 0. The average molecular weight is 625 g/mol. The molecule has 8 aromatic carbocycles. The lowest BCUT2D eigenvalue weighted by molar-refractivity contribution is 0.673. The van der Waals surface area contributed by atoms with Gasteiger partial charge >= 0.3 is 0 Å². The van der Waals surface area contributed by atoms with Crippen molar-refractivity contribution in [2.75, 3.05) is 0 Å². The summed E-state index contributed by atoms with van der Waals surface area (Å²) >= 11 is 0. The van der Waals surface area contributed by atoms with Crippen molar-refractivity contribution >= 4 is 54.4 Å². The molecule has 49 heavy (non-hydrogen) atoms. The summed E-state index contributed by atoms with van der Waals surface area (Å²) in [6.07, 6.45) is 0. The van der Waals surface area contributed by atoms with Gasteiger partial charge in [-0.05, 0) is 68.7 Å². The third-order valence-corrected chi connectivity index (χ3v) is 9.67. The van der Waals surface area contributed by atoms with Gasteiger partial charge in [0.1, 0.15) is 11.2 Å². The Hall–Kier alpha value is -6.58. The van der Waals surface area contributed by atoms with Crippen LogP contribution in [0.3, 0.4) is 0 Å². The Labute approximate surface area is 282 Å². The molecule has 0 aliphatic rings. The number of hydrogen-bond acceptors (Lipinski definition) is 3. The van der Waals surface area contributed by atoms with Gasteiger partial charge in [0, 0.05) is 32.7 Å². The first kappa shape index (κ1) is 27.5. The molecule has 0 amide bonds. The largest absolute Gasteiger partial charge is 0.455 e. The first-order chi connectivity index (χ1) is 24.3. The second-order valence-electron chi connectivity index (χ2n) is 12.6. The third kappa shape index (κ3) is 4.59. The van der Waals surface area contributed by atoms with E-state index in [-0.39, 0.29) is 0 Å². The molecule has 0 N–H and O–H groups in total. The molecule has 2 heterocycles. The van der Waals surface area contributed by atoms with E-state index >= 15 is 0 Å². The zero-order valence-corrected chi connectivity index (χ0v) is 26.5. The van der Waals surface area contributed by atoms with Gasteiger partial charge < -0.3 is 4.42 Å². The van der Waals surface area contributed by atoms with E-state index < -0.39 is 0 Å². The zero-order valence-electron chi connectivity index (χ0n) is 26.5. The van der Waals surface area contributed by atoms with E-state index in [0.29, 0.717) is 5.82 Å². The van der Waals surface area contributed by atoms with Crippen LogP contribution in [0.5, 0.6) is 0 Å². The van der Waals surface area contributed by atoms with Crippen LogP contribution >= 0.6 is 0 Å². The van der Waals surface area contributed by atoms with Crippen molar-refractivity contribution < 1.29 is 4.42 Å². The second-order valence-corrected chi connectivity index (χ2v) is 12.6. The first-order valence-electron chi connectivity index (χ1n) is 16.6. The first-order valence-corrected chi connectivity index (χ1v) is 16.6. The Balaban J connectivity index is 1.07. The van der Waals surface area contributed by atoms with Crippen molar-refractivity contribution in [3.63, 3.8) is 0 Å². The van der Waals surface area contributed by atoms with Crippen LogP contribution < -0.4 is 0 Å². The van der Waals surface area contributed by atoms with Crippen LogP contribution in [0, 0.1) is 0 Å². The molecule has 0 saturated heterocycles. The van der Waals surface area contributed by atoms with Gasteiger partial charge in [0.2, 0.25) is 0 Å². The summed E-state index contributed by atoms with van der Waals surface area (Å²) in [5, 5.41) is 7.94. The highest BCUT2D eigenvalue weighted by atomic mass is 16.3. The molecule has 0 aliphatic carbocycles. The van der Waals surface area contributed by atoms with Crippen LogP contribution in [0.4, 0.5) is 0 Å². The van der Waals surface area contributed by atoms with Gasteiger partial charge in [-0.3, -0.25) is 0 Å². The van der Waals surface area contributed by atoms with Crippen LogP contribution in [0.1, 0.15) is 0 Å². The number of benzene rings is 8. The summed E-state index contributed by atoms with van der Waals surface area (Å²) in [6.45, 7) is 0. The molecule has 0 bridgehead atoms. The molecule has 0 fully saturated rings. The van der Waals surface area contributed by atoms with Crippen molar-refractivity contribution in [3.05, 3.63) is 170 Å². The fourth-order valence-electron chi connectivity index (χ4n) is 7.22. The van der Waals surface area contributed by atoms with E-state index in [2.05, 4.69) is 146 Å². The van der Waals surface area contributed by atoms with Crippen LogP contribution in [0.2, 0.25) is 0 Å². The molecule has 3 nitrogen and oxygen atoms in total. The van der Waals surface area contributed by atoms with Gasteiger partial charge in [0.05, 0.1) is 11.2 Å². The van der Waals surface area contributed by atoms with E-state index in [4.69, 9.17) is 14.4 Å². The van der Waals surface area contributed by atoms with Crippen LogP contribution in [0.25, 0.3) is 99.3 Å². The van der Waals surface area contributed by atoms with Crippen LogP contribution in [-0.2, 0) is 0 Å². The van der Waals surface area contributed by atoms with Gasteiger partial charge in [0.15, 0.2) is 5.82 Å². The maximum absolute atomic E-state index is 6.46. The number of nitrogens with zero attached hydrogens (tertiary/aromatic N) is 2. The monoisotopic (exact) mass is 624 g/mol. The quantitative estimate of drug-likeness (QED) is 0.196. The van der Waals surface area contributed by atoms with E-state index in [9.17, 15) is 0 Å². The van der Waals surface area contributed by atoms with Crippen LogP contribution in [-0.4, -0.2) is 9.97 Å². The molecular weight excluding hydrogens is 597 g/mol. The topological polar surface area (TPSA) is 38.9 Å². The molecule has 10 aromatic rings. The van der Waals surface area contributed by atoms with E-state index in [1.165, 1.54) is 16.5 Å². The predicted octanol–water partition coefficient (Wildman–Crippen LogP) is 12.5. The maximum atomic E-state index is 6.46. The normalized spacial score (nSPS) is 11.7. The number of para-hydroxylation sites is 2. The number of fused-ring (bicyclic) bond motifs is 7. The lowest BCUT2D eigenvalue weighted by atomic mass is 9.95. The smallest absolute Gasteiger partial charge is 0.160 e. The molecule has 3 heteroatoms. The van der Waals surface area contributed by atoms with Crippen molar-refractivity contribution in [2.45, 2.75) is 0 Å². The average Bonchev–Trinajstić information content (AvgIpc) is 3.56.